The molecule has 3 heterocycles. The van der Waals surface area contributed by atoms with Crippen LogP contribution < -0.4 is 0 Å². The fourth-order valence-electron chi connectivity index (χ4n) is 5.03. The van der Waals surface area contributed by atoms with E-state index in [0.717, 1.165) is 5.56 Å². The molecule has 0 radical (unpaired) electrons. The van der Waals surface area contributed by atoms with E-state index >= 15 is 0 Å². The smallest absolute Gasteiger partial charge is 0.248 e. The molecule has 0 aromatic carbocycles. The lowest BCUT2D eigenvalue weighted by Crippen LogP contribution is -2.63. The van der Waals surface area contributed by atoms with Crippen molar-refractivity contribution < 1.29 is 32.8 Å². The van der Waals surface area contributed by atoms with E-state index in [9.17, 15) is 19.4 Å². The summed E-state index contributed by atoms with van der Waals surface area (Å²) >= 11 is 1.26. The summed E-state index contributed by atoms with van der Waals surface area (Å²) in [6.45, 7) is 5.63. The van der Waals surface area contributed by atoms with E-state index in [-0.39, 0.29) is 19.4 Å². The number of hydrogen-bond donors (Lipinski definition) is 1. The molecule has 35 heavy (non-hydrogen) atoms. The Bertz CT molecular complexity index is 954. The number of thioether (sulfide) groups is 1. The Balaban J connectivity index is 1.68. The first kappa shape index (κ1) is 26.5. The normalized spacial score (nSPS) is 34.3. The van der Waals surface area contributed by atoms with E-state index in [1.54, 1.807) is 26.1 Å². The minimum Gasteiger partial charge on any atom is -0.388 e. The summed E-state index contributed by atoms with van der Waals surface area (Å²) in [4.78, 5) is 7.53. The maximum Gasteiger partial charge on any atom is 0.248 e. The van der Waals surface area contributed by atoms with Crippen LogP contribution in [0.15, 0.2) is 23.4 Å². The molecular formula is C23H32F2N4O5S. The van der Waals surface area contributed by atoms with Crippen LogP contribution in [0.1, 0.15) is 56.0 Å². The minimum absolute atomic E-state index is 0.0791. The van der Waals surface area contributed by atoms with Crippen molar-refractivity contribution in [2.45, 2.75) is 98.8 Å². The van der Waals surface area contributed by atoms with Gasteiger partial charge in [-0.15, -0.1) is 11.8 Å². The lowest BCUT2D eigenvalue weighted by molar-refractivity contribution is -0.334. The summed E-state index contributed by atoms with van der Waals surface area (Å²) in [5.74, 6) is -3.69. The van der Waals surface area contributed by atoms with Crippen molar-refractivity contribution in [2.75, 3.05) is 13.7 Å². The number of aliphatic hydroxyl groups is 1. The van der Waals surface area contributed by atoms with Gasteiger partial charge in [0.1, 0.15) is 23.7 Å². The second kappa shape index (κ2) is 10.1. The molecule has 2 saturated heterocycles. The second-order valence-corrected chi connectivity index (χ2v) is 11.1. The summed E-state index contributed by atoms with van der Waals surface area (Å²) in [5.41, 5.74) is 8.57. The van der Waals surface area contributed by atoms with Gasteiger partial charge in [0.2, 0.25) is 5.92 Å². The number of ether oxygens (including phenoxy) is 4. The Kier molecular flexibility index (Phi) is 7.64. The molecule has 3 aliphatic rings. The van der Waals surface area contributed by atoms with Crippen LogP contribution in [-0.2, 0) is 18.9 Å². The van der Waals surface area contributed by atoms with Crippen molar-refractivity contribution in [2.24, 2.45) is 5.11 Å². The number of pyridine rings is 1. The average Bonchev–Trinajstić information content (AvgIpc) is 2.80. The molecule has 1 N–H and O–H groups in total. The number of azide groups is 1. The summed E-state index contributed by atoms with van der Waals surface area (Å²) in [5, 5.41) is 15.0. The Morgan fingerprint density at radius 2 is 2.03 bits per heavy atom. The van der Waals surface area contributed by atoms with Gasteiger partial charge in [-0.1, -0.05) is 11.2 Å². The SMILES string of the molecule is CO[C@@H]1[C@@H](N=[N+]=[N-])[C@H]2OC(C)(C)OC[C@H]2O[C@H]1SC(c1ncccc1C)C1(O)CCC(F)(F)CC1. The molecule has 12 heteroatoms. The summed E-state index contributed by atoms with van der Waals surface area (Å²) in [6.07, 6.45) is -1.21. The standard InChI is InChI=1S/C23H32F2N4O5S/c1-13-6-5-11-27-15(13)19(22(30)7-9-23(24,25)10-8-22)35-20-18(31-4)16(28-29-26)17-14(33-20)12-32-21(2,3)34-17/h5-6,11,14,16-20,30H,7-10,12H2,1-4H3/t14-,16+,17+,18-,19?,20+/m1/s1. The van der Waals surface area contributed by atoms with Gasteiger partial charge < -0.3 is 24.1 Å². The first-order valence-corrected chi connectivity index (χ1v) is 12.6. The average molecular weight is 515 g/mol. The maximum absolute atomic E-state index is 14.0. The second-order valence-electron chi connectivity index (χ2n) is 9.91. The molecule has 1 aromatic heterocycles. The van der Waals surface area contributed by atoms with Gasteiger partial charge in [-0.25, -0.2) is 8.78 Å². The fourth-order valence-corrected chi connectivity index (χ4v) is 6.80. The molecule has 6 atom stereocenters. The molecular weight excluding hydrogens is 482 g/mol. The number of aryl methyl sites for hydroxylation is 1. The number of alkyl halides is 2. The molecule has 0 spiro atoms. The van der Waals surface area contributed by atoms with Gasteiger partial charge in [0.15, 0.2) is 5.79 Å². The fraction of sp³-hybridized carbons (Fsp3) is 0.783. The van der Waals surface area contributed by atoms with Gasteiger partial charge in [0.25, 0.3) is 0 Å². The van der Waals surface area contributed by atoms with E-state index in [1.165, 1.54) is 18.9 Å². The highest BCUT2D eigenvalue weighted by atomic mass is 32.2. The van der Waals surface area contributed by atoms with E-state index in [1.807, 2.05) is 13.0 Å². The van der Waals surface area contributed by atoms with Gasteiger partial charge in [-0.05, 0) is 50.8 Å². The monoisotopic (exact) mass is 514 g/mol. The lowest BCUT2D eigenvalue weighted by Gasteiger charge is -2.51. The zero-order valence-electron chi connectivity index (χ0n) is 20.3. The summed E-state index contributed by atoms with van der Waals surface area (Å²) in [6, 6.07) is 2.94. The van der Waals surface area contributed by atoms with Crippen molar-refractivity contribution in [3.8, 4) is 0 Å². The van der Waals surface area contributed by atoms with E-state index < -0.39 is 65.2 Å². The van der Waals surface area contributed by atoms with Crippen LogP contribution in [0, 0.1) is 6.92 Å². The lowest BCUT2D eigenvalue weighted by atomic mass is 9.79. The molecule has 1 saturated carbocycles. The molecule has 4 rings (SSSR count). The minimum atomic E-state index is -2.81. The number of hydrogen-bond acceptors (Lipinski definition) is 8. The Hall–Kier alpha value is -1.53. The highest BCUT2D eigenvalue weighted by molar-refractivity contribution is 8.00. The third kappa shape index (κ3) is 5.58. The van der Waals surface area contributed by atoms with Crippen LogP contribution >= 0.6 is 11.8 Å². The summed E-state index contributed by atoms with van der Waals surface area (Å²) < 4.78 is 51.9. The van der Waals surface area contributed by atoms with Gasteiger partial charge in [-0.2, -0.15) is 0 Å². The molecule has 3 fully saturated rings. The zero-order valence-corrected chi connectivity index (χ0v) is 21.1. The predicted octanol–water partition coefficient (Wildman–Crippen LogP) is 4.68. The van der Waals surface area contributed by atoms with Crippen molar-refractivity contribution in [1.29, 1.82) is 0 Å². The van der Waals surface area contributed by atoms with Gasteiger partial charge >= 0.3 is 0 Å². The zero-order chi connectivity index (χ0) is 25.4. The van der Waals surface area contributed by atoms with Gasteiger partial charge in [-0.3, -0.25) is 4.98 Å². The van der Waals surface area contributed by atoms with Crippen LogP contribution in [-0.4, -0.2) is 70.9 Å². The first-order chi connectivity index (χ1) is 16.5. The third-order valence-corrected chi connectivity index (χ3v) is 8.57. The predicted molar refractivity (Wildman–Crippen MR) is 125 cm³/mol. The topological polar surface area (TPSA) is 119 Å². The van der Waals surface area contributed by atoms with Crippen LogP contribution in [0.4, 0.5) is 8.78 Å². The van der Waals surface area contributed by atoms with Crippen molar-refractivity contribution in [3.05, 3.63) is 40.0 Å². The number of halogens is 2. The largest absolute Gasteiger partial charge is 0.388 e. The van der Waals surface area contributed by atoms with E-state index in [4.69, 9.17) is 18.9 Å². The highest BCUT2D eigenvalue weighted by Gasteiger charge is 2.54. The maximum atomic E-state index is 14.0. The van der Waals surface area contributed by atoms with E-state index in [2.05, 4.69) is 15.0 Å². The molecule has 9 nitrogen and oxygen atoms in total. The first-order valence-electron chi connectivity index (χ1n) is 11.7. The molecule has 1 aromatic rings. The summed E-state index contributed by atoms with van der Waals surface area (Å²) in [7, 11) is 1.49. The Morgan fingerprint density at radius 1 is 1.31 bits per heavy atom. The molecule has 1 aliphatic carbocycles. The molecule has 2 aliphatic heterocycles. The third-order valence-electron chi connectivity index (χ3n) is 6.99. The van der Waals surface area contributed by atoms with Crippen molar-refractivity contribution >= 4 is 11.8 Å². The van der Waals surface area contributed by atoms with E-state index in [0.29, 0.717) is 5.69 Å². The Labute approximate surface area is 207 Å². The molecule has 1 unspecified atom stereocenters. The van der Waals surface area contributed by atoms with Crippen molar-refractivity contribution in [3.63, 3.8) is 0 Å². The molecule has 0 bridgehead atoms. The van der Waals surface area contributed by atoms with Crippen LogP contribution in [0.25, 0.3) is 10.4 Å². The Morgan fingerprint density at radius 3 is 2.66 bits per heavy atom. The molecule has 0 amide bonds. The number of nitrogens with zero attached hydrogens (tertiary/aromatic N) is 4. The van der Waals surface area contributed by atoms with Crippen LogP contribution in [0.2, 0.25) is 0 Å². The van der Waals surface area contributed by atoms with Crippen LogP contribution in [0.5, 0.6) is 0 Å². The van der Waals surface area contributed by atoms with Gasteiger partial charge in [0.05, 0.1) is 29.2 Å². The van der Waals surface area contributed by atoms with Gasteiger partial charge in [0, 0.05) is 31.1 Å². The van der Waals surface area contributed by atoms with Crippen LogP contribution in [0.3, 0.4) is 0 Å². The quantitative estimate of drug-likeness (QED) is 0.333. The van der Waals surface area contributed by atoms with Crippen molar-refractivity contribution in [1.82, 2.24) is 4.98 Å². The highest BCUT2D eigenvalue weighted by Crippen LogP contribution is 2.53. The number of methoxy groups -OCH3 is 1. The number of aromatic nitrogens is 1. The number of rotatable bonds is 6. The molecule has 194 valence electrons. The number of fused-ring (bicyclic) bond motifs is 1.